The quantitative estimate of drug-likeness (QED) is 0.699. The Morgan fingerprint density at radius 2 is 2.27 bits per heavy atom. The molecule has 0 bridgehead atoms. The fraction of sp³-hybridized carbons (Fsp3) is 0.846. The molecule has 2 heteroatoms. The van der Waals surface area contributed by atoms with Gasteiger partial charge in [0.05, 0.1) is 0 Å². The van der Waals surface area contributed by atoms with Crippen molar-refractivity contribution < 1.29 is 0 Å². The number of allylic oxidation sites excluding steroid dienone is 1. The zero-order valence-corrected chi connectivity index (χ0v) is 10.6. The van der Waals surface area contributed by atoms with E-state index < -0.39 is 0 Å². The zero-order valence-electron chi connectivity index (χ0n) is 10.6. The Balaban J connectivity index is 2.67. The highest BCUT2D eigenvalue weighted by molar-refractivity contribution is 5.13. The van der Waals surface area contributed by atoms with E-state index in [0.29, 0.717) is 18.5 Å². The standard InChI is InChI=1S/C13H26N2/c1-10-7-5-6-8-12(10)13(3,4)15-11(2)9-14/h7,11-12,15H,5-6,8-9,14H2,1-4H3. The molecule has 1 aliphatic carbocycles. The molecule has 0 amide bonds. The Hall–Kier alpha value is -0.340. The van der Waals surface area contributed by atoms with E-state index in [4.69, 9.17) is 5.73 Å². The SMILES string of the molecule is CC1=CCCCC1C(C)(C)NC(C)CN. The van der Waals surface area contributed by atoms with E-state index in [0.717, 1.165) is 0 Å². The molecule has 0 fully saturated rings. The monoisotopic (exact) mass is 210 g/mol. The Bertz CT molecular complexity index is 231. The predicted octanol–water partition coefficient (Wildman–Crippen LogP) is 2.45. The average molecular weight is 210 g/mol. The number of hydrogen-bond acceptors (Lipinski definition) is 2. The molecule has 1 aliphatic rings. The molecule has 0 aromatic carbocycles. The van der Waals surface area contributed by atoms with E-state index in [2.05, 4.69) is 39.1 Å². The largest absolute Gasteiger partial charge is 0.329 e. The van der Waals surface area contributed by atoms with E-state index >= 15 is 0 Å². The van der Waals surface area contributed by atoms with Crippen LogP contribution in [-0.4, -0.2) is 18.1 Å². The second kappa shape index (κ2) is 5.13. The van der Waals surface area contributed by atoms with Crippen LogP contribution in [0.3, 0.4) is 0 Å². The van der Waals surface area contributed by atoms with Crippen LogP contribution in [0.15, 0.2) is 11.6 Å². The number of rotatable bonds is 4. The summed E-state index contributed by atoms with van der Waals surface area (Å²) in [6.45, 7) is 9.72. The van der Waals surface area contributed by atoms with E-state index in [1.165, 1.54) is 19.3 Å². The number of nitrogens with one attached hydrogen (secondary N) is 1. The average Bonchev–Trinajstić information content (AvgIpc) is 2.17. The molecule has 0 aromatic rings. The van der Waals surface area contributed by atoms with Crippen LogP contribution in [0.2, 0.25) is 0 Å². The molecule has 2 atom stereocenters. The van der Waals surface area contributed by atoms with Crippen molar-refractivity contribution >= 4 is 0 Å². The van der Waals surface area contributed by atoms with Crippen molar-refractivity contribution in [3.05, 3.63) is 11.6 Å². The first-order valence-electron chi connectivity index (χ1n) is 6.12. The van der Waals surface area contributed by atoms with Crippen LogP contribution < -0.4 is 11.1 Å². The maximum absolute atomic E-state index is 5.67. The van der Waals surface area contributed by atoms with Crippen LogP contribution in [0.4, 0.5) is 0 Å². The first kappa shape index (κ1) is 12.7. The molecule has 1 rings (SSSR count). The fourth-order valence-electron chi connectivity index (χ4n) is 2.75. The molecular formula is C13H26N2. The van der Waals surface area contributed by atoms with Gasteiger partial charge in [0.1, 0.15) is 0 Å². The number of nitrogens with two attached hydrogens (primary N) is 1. The molecule has 0 saturated heterocycles. The molecule has 88 valence electrons. The second-order valence-electron chi connectivity index (χ2n) is 5.43. The topological polar surface area (TPSA) is 38.0 Å². The third-order valence-corrected chi connectivity index (χ3v) is 3.56. The van der Waals surface area contributed by atoms with Crippen molar-refractivity contribution in [3.63, 3.8) is 0 Å². The second-order valence-corrected chi connectivity index (χ2v) is 5.43. The van der Waals surface area contributed by atoms with E-state index in [1.54, 1.807) is 5.57 Å². The molecule has 0 heterocycles. The molecule has 3 N–H and O–H groups in total. The van der Waals surface area contributed by atoms with Crippen molar-refractivity contribution in [2.75, 3.05) is 6.54 Å². The van der Waals surface area contributed by atoms with E-state index in [9.17, 15) is 0 Å². The van der Waals surface area contributed by atoms with Gasteiger partial charge >= 0.3 is 0 Å². The van der Waals surface area contributed by atoms with Gasteiger partial charge in [-0.05, 0) is 52.9 Å². The van der Waals surface area contributed by atoms with Crippen molar-refractivity contribution in [1.29, 1.82) is 0 Å². The minimum absolute atomic E-state index is 0.166. The Morgan fingerprint density at radius 1 is 1.60 bits per heavy atom. The highest BCUT2D eigenvalue weighted by atomic mass is 15.0. The lowest BCUT2D eigenvalue weighted by atomic mass is 9.75. The summed E-state index contributed by atoms with van der Waals surface area (Å²) in [5.41, 5.74) is 7.38. The van der Waals surface area contributed by atoms with Crippen LogP contribution in [0.1, 0.15) is 47.0 Å². The van der Waals surface area contributed by atoms with Crippen molar-refractivity contribution in [1.82, 2.24) is 5.32 Å². The van der Waals surface area contributed by atoms with E-state index in [1.807, 2.05) is 0 Å². The lowest BCUT2D eigenvalue weighted by Crippen LogP contribution is -2.52. The van der Waals surface area contributed by atoms with Crippen LogP contribution >= 0.6 is 0 Å². The maximum atomic E-state index is 5.67. The highest BCUT2D eigenvalue weighted by Gasteiger charge is 2.32. The summed E-state index contributed by atoms with van der Waals surface area (Å²) >= 11 is 0. The zero-order chi connectivity index (χ0) is 11.5. The molecule has 2 nitrogen and oxygen atoms in total. The van der Waals surface area contributed by atoms with E-state index in [-0.39, 0.29) is 5.54 Å². The highest BCUT2D eigenvalue weighted by Crippen LogP contribution is 2.33. The van der Waals surface area contributed by atoms with Crippen LogP contribution in [-0.2, 0) is 0 Å². The van der Waals surface area contributed by atoms with Crippen molar-refractivity contribution in [2.24, 2.45) is 11.7 Å². The van der Waals surface area contributed by atoms with Gasteiger partial charge in [-0.25, -0.2) is 0 Å². The summed E-state index contributed by atoms with van der Waals surface area (Å²) in [4.78, 5) is 0. The van der Waals surface area contributed by atoms with Crippen LogP contribution in [0, 0.1) is 5.92 Å². The molecule has 0 radical (unpaired) electrons. The molecule has 0 aromatic heterocycles. The minimum Gasteiger partial charge on any atom is -0.329 e. The third kappa shape index (κ3) is 3.32. The Labute approximate surface area is 94.3 Å². The van der Waals surface area contributed by atoms with Gasteiger partial charge in [0.2, 0.25) is 0 Å². The van der Waals surface area contributed by atoms with Gasteiger partial charge in [-0.1, -0.05) is 11.6 Å². The van der Waals surface area contributed by atoms with Crippen molar-refractivity contribution in [2.45, 2.75) is 58.5 Å². The van der Waals surface area contributed by atoms with Crippen LogP contribution in [0.25, 0.3) is 0 Å². The lowest BCUT2D eigenvalue weighted by molar-refractivity contribution is 0.240. The van der Waals surface area contributed by atoms with Gasteiger partial charge < -0.3 is 11.1 Å². The molecule has 0 aliphatic heterocycles. The molecule has 0 saturated carbocycles. The summed E-state index contributed by atoms with van der Waals surface area (Å²) in [7, 11) is 0. The van der Waals surface area contributed by atoms with Gasteiger partial charge in [0.25, 0.3) is 0 Å². The van der Waals surface area contributed by atoms with Gasteiger partial charge in [0.15, 0.2) is 0 Å². The first-order valence-corrected chi connectivity index (χ1v) is 6.12. The molecular weight excluding hydrogens is 184 g/mol. The van der Waals surface area contributed by atoms with Crippen LogP contribution in [0.5, 0.6) is 0 Å². The summed E-state index contributed by atoms with van der Waals surface area (Å²) in [5.74, 6) is 0.667. The van der Waals surface area contributed by atoms with Gasteiger partial charge in [-0.3, -0.25) is 0 Å². The summed E-state index contributed by atoms with van der Waals surface area (Å²) in [6.07, 6.45) is 6.28. The summed E-state index contributed by atoms with van der Waals surface area (Å²) in [6, 6.07) is 0.398. The summed E-state index contributed by atoms with van der Waals surface area (Å²) in [5, 5.41) is 3.64. The fourth-order valence-corrected chi connectivity index (χ4v) is 2.75. The van der Waals surface area contributed by atoms with Gasteiger partial charge in [-0.15, -0.1) is 0 Å². The maximum Gasteiger partial charge on any atom is 0.0193 e. The Kier molecular flexibility index (Phi) is 4.35. The minimum atomic E-state index is 0.166. The molecule has 0 spiro atoms. The Morgan fingerprint density at radius 3 is 2.80 bits per heavy atom. The van der Waals surface area contributed by atoms with Gasteiger partial charge in [-0.2, -0.15) is 0 Å². The third-order valence-electron chi connectivity index (χ3n) is 3.56. The smallest absolute Gasteiger partial charge is 0.0193 e. The number of hydrogen-bond donors (Lipinski definition) is 2. The first-order chi connectivity index (χ1) is 6.97. The summed E-state index contributed by atoms with van der Waals surface area (Å²) < 4.78 is 0. The lowest BCUT2D eigenvalue weighted by Gasteiger charge is -2.40. The predicted molar refractivity (Wildman–Crippen MR) is 66.8 cm³/mol. The van der Waals surface area contributed by atoms with Gasteiger partial charge in [0, 0.05) is 18.1 Å². The normalized spacial score (nSPS) is 24.9. The molecule has 2 unspecified atom stereocenters. The van der Waals surface area contributed by atoms with Crippen molar-refractivity contribution in [3.8, 4) is 0 Å². The molecule has 15 heavy (non-hydrogen) atoms.